The number of aryl methyl sites for hydroxylation is 3. The largest absolute Gasteiger partial charge is 2.00 e. The van der Waals surface area contributed by atoms with Crippen LogP contribution in [-0.4, -0.2) is 19.3 Å². The summed E-state index contributed by atoms with van der Waals surface area (Å²) in [5.74, 6) is 2.62. The summed E-state index contributed by atoms with van der Waals surface area (Å²) in [7, 11) is 0. The summed E-state index contributed by atoms with van der Waals surface area (Å²) in [4.78, 5) is 4.79. The van der Waals surface area contributed by atoms with E-state index in [1.54, 1.807) is 0 Å². The maximum atomic E-state index is 6.69. The first-order chi connectivity index (χ1) is 24.0. The predicted octanol–water partition coefficient (Wildman–Crippen LogP) is 11.8. The van der Waals surface area contributed by atoms with Gasteiger partial charge in [0.25, 0.3) is 0 Å². The molecule has 0 fully saturated rings. The standard InChI is InChI=1S/C45H46N4O.Pt/c1-9-30(3)35-15-18-41-40(26-35)39-17-16-37(28-42(39)48(41)43-23-29(2)20-22-46-43)50-38-25-33(19-21-45(6,7)8)24-36(27-38)49-32(5)44(31(4)47-49)34-13-11-10-12-14-34;/h10-18,20,22-26,30H,9,19,21H2,1-8H3;/q-2;+2. The van der Waals surface area contributed by atoms with Crippen LogP contribution in [0.2, 0.25) is 0 Å². The molecule has 0 aliphatic heterocycles. The molecule has 5 nitrogen and oxygen atoms in total. The van der Waals surface area contributed by atoms with Crippen LogP contribution in [0.3, 0.4) is 0 Å². The van der Waals surface area contributed by atoms with Crippen molar-refractivity contribution in [3.8, 4) is 34.1 Å². The van der Waals surface area contributed by atoms with Crippen LogP contribution < -0.4 is 4.74 Å². The van der Waals surface area contributed by atoms with Crippen molar-refractivity contribution in [3.63, 3.8) is 0 Å². The van der Waals surface area contributed by atoms with Crippen LogP contribution in [0.5, 0.6) is 11.5 Å². The number of hydrogen-bond acceptors (Lipinski definition) is 3. The number of ether oxygens (including phenoxy) is 1. The maximum absolute atomic E-state index is 6.69. The molecule has 0 aliphatic carbocycles. The van der Waals surface area contributed by atoms with E-state index < -0.39 is 0 Å². The van der Waals surface area contributed by atoms with Crippen LogP contribution in [0.4, 0.5) is 0 Å². The molecule has 3 heterocycles. The second-order valence-corrected chi connectivity index (χ2v) is 14.9. The minimum atomic E-state index is 0. The van der Waals surface area contributed by atoms with E-state index in [9.17, 15) is 0 Å². The molecule has 6 heteroatoms. The third-order valence-corrected chi connectivity index (χ3v) is 9.84. The van der Waals surface area contributed by atoms with Crippen LogP contribution in [0.25, 0.3) is 44.4 Å². The first-order valence-corrected chi connectivity index (χ1v) is 17.8. The van der Waals surface area contributed by atoms with Gasteiger partial charge in [-0.2, -0.15) is 16.7 Å². The fraction of sp³-hybridized carbons (Fsp3) is 0.289. The van der Waals surface area contributed by atoms with Gasteiger partial charge < -0.3 is 9.30 Å². The Morgan fingerprint density at radius 2 is 1.63 bits per heavy atom. The average molecular weight is 854 g/mol. The topological polar surface area (TPSA) is 44.9 Å². The molecular weight excluding hydrogens is 808 g/mol. The van der Waals surface area contributed by atoms with Gasteiger partial charge in [0.05, 0.1) is 5.69 Å². The van der Waals surface area contributed by atoms with Crippen molar-refractivity contribution in [3.05, 3.63) is 131 Å². The molecule has 7 rings (SSSR count). The molecule has 262 valence electrons. The fourth-order valence-corrected chi connectivity index (χ4v) is 6.86. The summed E-state index contributed by atoms with van der Waals surface area (Å²) in [5, 5.41) is 7.33. The Bertz CT molecular complexity index is 2330. The summed E-state index contributed by atoms with van der Waals surface area (Å²) in [6.07, 6.45) is 4.92. The molecule has 4 aromatic carbocycles. The number of hydrogen-bond donors (Lipinski definition) is 0. The van der Waals surface area contributed by atoms with Crippen molar-refractivity contribution in [2.75, 3.05) is 0 Å². The van der Waals surface area contributed by atoms with Crippen LogP contribution in [-0.2, 0) is 27.5 Å². The van der Waals surface area contributed by atoms with Gasteiger partial charge in [0.2, 0.25) is 0 Å². The molecule has 7 aromatic rings. The quantitative estimate of drug-likeness (QED) is 0.136. The molecule has 0 aliphatic rings. The van der Waals surface area contributed by atoms with Gasteiger partial charge in [0.15, 0.2) is 0 Å². The number of aromatic nitrogens is 4. The minimum Gasteiger partial charge on any atom is -0.509 e. The smallest absolute Gasteiger partial charge is 0.509 e. The van der Waals surface area contributed by atoms with Gasteiger partial charge in [-0.1, -0.05) is 82.6 Å². The predicted molar refractivity (Wildman–Crippen MR) is 206 cm³/mol. The molecule has 0 spiro atoms. The van der Waals surface area contributed by atoms with Crippen LogP contribution in [0.15, 0.2) is 91.1 Å². The molecule has 3 aromatic heterocycles. The first-order valence-electron chi connectivity index (χ1n) is 17.8. The zero-order chi connectivity index (χ0) is 35.2. The van der Waals surface area contributed by atoms with Gasteiger partial charge in [-0.15, -0.1) is 35.7 Å². The van der Waals surface area contributed by atoms with Gasteiger partial charge in [-0.25, -0.2) is 4.98 Å². The van der Waals surface area contributed by atoms with Crippen LogP contribution >= 0.6 is 0 Å². The molecule has 0 N–H and O–H groups in total. The first kappa shape index (κ1) is 36.3. The third kappa shape index (κ3) is 7.46. The minimum absolute atomic E-state index is 0. The summed E-state index contributed by atoms with van der Waals surface area (Å²) in [6, 6.07) is 37.2. The second kappa shape index (κ2) is 14.6. The molecule has 0 amide bonds. The molecule has 0 radical (unpaired) electrons. The van der Waals surface area contributed by atoms with E-state index in [2.05, 4.69) is 139 Å². The second-order valence-electron chi connectivity index (χ2n) is 14.9. The average Bonchev–Trinajstić information content (AvgIpc) is 3.58. The molecule has 1 unspecified atom stereocenters. The Morgan fingerprint density at radius 3 is 2.35 bits per heavy atom. The normalized spacial score (nSPS) is 12.3. The summed E-state index contributed by atoms with van der Waals surface area (Å²) in [5.41, 5.74) is 11.2. The van der Waals surface area contributed by atoms with E-state index in [0.29, 0.717) is 17.4 Å². The van der Waals surface area contributed by atoms with Crippen molar-refractivity contribution in [2.45, 2.75) is 80.6 Å². The molecule has 0 saturated heterocycles. The van der Waals surface area contributed by atoms with E-state index in [4.69, 9.17) is 14.8 Å². The Balaban J connectivity index is 0.00000448. The zero-order valence-corrected chi connectivity index (χ0v) is 33.1. The van der Waals surface area contributed by atoms with Crippen LogP contribution in [0, 0.1) is 38.3 Å². The number of pyridine rings is 1. The van der Waals surface area contributed by atoms with Gasteiger partial charge in [0, 0.05) is 34.5 Å². The van der Waals surface area contributed by atoms with Crippen molar-refractivity contribution >= 4 is 21.8 Å². The van der Waals surface area contributed by atoms with Gasteiger partial charge in [-0.3, -0.25) is 4.68 Å². The molecular formula is C45H46N4OPt. The molecule has 0 bridgehead atoms. The third-order valence-electron chi connectivity index (χ3n) is 9.84. The Labute approximate surface area is 317 Å². The van der Waals surface area contributed by atoms with E-state index in [-0.39, 0.29) is 26.5 Å². The molecule has 0 saturated carbocycles. The Kier molecular flexibility index (Phi) is 10.4. The van der Waals surface area contributed by atoms with Gasteiger partial charge in [-0.05, 0) is 97.3 Å². The summed E-state index contributed by atoms with van der Waals surface area (Å²) < 4.78 is 10.9. The Hall–Kier alpha value is -4.47. The summed E-state index contributed by atoms with van der Waals surface area (Å²) >= 11 is 0. The van der Waals surface area contributed by atoms with E-state index >= 15 is 0 Å². The van der Waals surface area contributed by atoms with E-state index in [0.717, 1.165) is 75.3 Å². The maximum Gasteiger partial charge on any atom is 2.00 e. The van der Waals surface area contributed by atoms with E-state index in [1.807, 2.05) is 29.1 Å². The van der Waals surface area contributed by atoms with Gasteiger partial charge >= 0.3 is 21.1 Å². The number of benzene rings is 4. The Morgan fingerprint density at radius 1 is 0.843 bits per heavy atom. The van der Waals surface area contributed by atoms with Crippen molar-refractivity contribution in [1.82, 2.24) is 19.3 Å². The van der Waals surface area contributed by atoms with Crippen molar-refractivity contribution in [1.29, 1.82) is 0 Å². The molecule has 51 heavy (non-hydrogen) atoms. The summed E-state index contributed by atoms with van der Waals surface area (Å²) in [6.45, 7) is 17.7. The number of rotatable bonds is 9. The monoisotopic (exact) mass is 853 g/mol. The number of fused-ring (bicyclic) bond motifs is 3. The van der Waals surface area contributed by atoms with Gasteiger partial charge in [0.1, 0.15) is 5.82 Å². The van der Waals surface area contributed by atoms with Crippen LogP contribution in [0.1, 0.15) is 81.5 Å². The van der Waals surface area contributed by atoms with Crippen molar-refractivity contribution < 1.29 is 25.8 Å². The molecule has 1 atom stereocenters. The van der Waals surface area contributed by atoms with Crippen molar-refractivity contribution in [2.24, 2.45) is 5.41 Å². The zero-order valence-electron chi connectivity index (χ0n) is 30.9. The number of nitrogens with zero attached hydrogens (tertiary/aromatic N) is 4. The van der Waals surface area contributed by atoms with E-state index in [1.165, 1.54) is 16.5 Å². The SMILES string of the molecule is CCC(C)c1ccc2c(c1)c1ccc(Oc3[c-]c(-n4nc(C)c(-c5ccccc5)c4C)cc(CCC(C)(C)C)c3)[c-]c1n2-c1cc(C)ccn1.[Pt+2]. The fourth-order valence-electron chi connectivity index (χ4n) is 6.86.